The zero-order valence-electron chi connectivity index (χ0n) is 9.72. The molecule has 4 atom stereocenters. The molecule has 0 rings (SSSR count). The van der Waals surface area contributed by atoms with Crippen molar-refractivity contribution in [3.8, 4) is 0 Å². The van der Waals surface area contributed by atoms with E-state index in [1.807, 2.05) is 0 Å². The number of hydrogen-bond acceptors (Lipinski definition) is 8. The van der Waals surface area contributed by atoms with Gasteiger partial charge in [0.2, 0.25) is 0 Å². The van der Waals surface area contributed by atoms with Crippen molar-refractivity contribution in [3.63, 3.8) is 0 Å². The molecule has 104 valence electrons. The number of aliphatic hydroxyl groups is 4. The van der Waals surface area contributed by atoms with Crippen LogP contribution in [0, 0.1) is 0 Å². The van der Waals surface area contributed by atoms with Crippen molar-refractivity contribution in [1.29, 1.82) is 0 Å². The summed E-state index contributed by atoms with van der Waals surface area (Å²) in [6, 6.07) is 0. The molecule has 0 aliphatic rings. The second kappa shape index (κ2) is 7.88. The number of ether oxygens (including phenoxy) is 1. The Morgan fingerprint density at radius 2 is 1.78 bits per heavy atom. The van der Waals surface area contributed by atoms with E-state index < -0.39 is 49.2 Å². The van der Waals surface area contributed by atoms with Gasteiger partial charge in [0.1, 0.15) is 30.5 Å². The van der Waals surface area contributed by atoms with Crippen LogP contribution in [-0.4, -0.2) is 69.5 Å². The summed E-state index contributed by atoms with van der Waals surface area (Å²) in [6.45, 7) is 0.295. The number of carbonyl (C=O) groups excluding carboxylic acids is 3. The largest absolute Gasteiger partial charge is 0.451 e. The van der Waals surface area contributed by atoms with Gasteiger partial charge in [-0.3, -0.25) is 14.4 Å². The number of Topliss-reactive ketones (excluding diaryl/α,β-unsaturated/α-hetero) is 1. The number of aliphatic hydroxyl groups excluding tert-OH is 4. The number of carbonyl (C=O) groups is 3. The van der Waals surface area contributed by atoms with Crippen LogP contribution in [0.1, 0.15) is 13.3 Å². The summed E-state index contributed by atoms with van der Waals surface area (Å²) in [5.41, 5.74) is 0. The quantitative estimate of drug-likeness (QED) is 0.208. The van der Waals surface area contributed by atoms with Crippen LogP contribution in [0.2, 0.25) is 0 Å². The molecule has 0 unspecified atom stereocenters. The van der Waals surface area contributed by atoms with Crippen LogP contribution in [0.3, 0.4) is 0 Å². The minimum absolute atomic E-state index is 0.0516. The third-order valence-corrected chi connectivity index (χ3v) is 2.06. The van der Waals surface area contributed by atoms with Gasteiger partial charge in [-0.15, -0.1) is 0 Å². The molecule has 0 aromatic rings. The summed E-state index contributed by atoms with van der Waals surface area (Å²) >= 11 is 0. The molecule has 0 amide bonds. The third kappa shape index (κ3) is 5.32. The molecule has 0 saturated heterocycles. The van der Waals surface area contributed by atoms with Crippen molar-refractivity contribution in [2.24, 2.45) is 0 Å². The van der Waals surface area contributed by atoms with E-state index in [1.165, 1.54) is 0 Å². The fourth-order valence-electron chi connectivity index (χ4n) is 1.10. The molecule has 0 aromatic carbocycles. The molecule has 0 radical (unpaired) electrons. The van der Waals surface area contributed by atoms with Gasteiger partial charge in [0.15, 0.2) is 12.4 Å². The van der Waals surface area contributed by atoms with E-state index in [9.17, 15) is 24.6 Å². The molecular weight excluding hydrogens is 248 g/mol. The van der Waals surface area contributed by atoms with Crippen molar-refractivity contribution in [2.75, 3.05) is 6.61 Å². The molecule has 0 aromatic heterocycles. The minimum atomic E-state index is -1.90. The van der Waals surface area contributed by atoms with Gasteiger partial charge in [-0.25, -0.2) is 0 Å². The van der Waals surface area contributed by atoms with Crippen LogP contribution >= 0.6 is 0 Å². The Kier molecular flexibility index (Phi) is 7.29. The topological polar surface area (TPSA) is 141 Å². The van der Waals surface area contributed by atoms with Crippen LogP contribution < -0.4 is 0 Å². The standard InChI is InChI=1S/C10H16O8/c1-5(13)2-8(15)18-7(4-12)10(17)9(16)6(14)3-11/h4,6-7,9-11,14,16-17H,2-3H2,1H3/t6-,7+,9-,10-/m1/s1. The van der Waals surface area contributed by atoms with Crippen molar-refractivity contribution in [1.82, 2.24) is 0 Å². The molecule has 0 spiro atoms. The average Bonchev–Trinajstić information content (AvgIpc) is 2.32. The SMILES string of the molecule is CC(=O)CC(=O)O[C@@H](C=O)[C@@H](O)[C@H](O)[C@H](O)CO. The lowest BCUT2D eigenvalue weighted by atomic mass is 10.0. The van der Waals surface area contributed by atoms with Gasteiger partial charge >= 0.3 is 5.97 Å². The van der Waals surface area contributed by atoms with Crippen molar-refractivity contribution in [3.05, 3.63) is 0 Å². The lowest BCUT2D eigenvalue weighted by Gasteiger charge is -2.25. The molecule has 8 nitrogen and oxygen atoms in total. The van der Waals surface area contributed by atoms with Crippen LogP contribution in [-0.2, 0) is 19.1 Å². The molecule has 8 heteroatoms. The van der Waals surface area contributed by atoms with E-state index in [4.69, 9.17) is 10.2 Å². The maximum atomic E-state index is 11.1. The highest BCUT2D eigenvalue weighted by Gasteiger charge is 2.33. The van der Waals surface area contributed by atoms with Gasteiger partial charge in [0, 0.05) is 0 Å². The molecule has 18 heavy (non-hydrogen) atoms. The van der Waals surface area contributed by atoms with Crippen LogP contribution in [0.4, 0.5) is 0 Å². The number of rotatable bonds is 8. The smallest absolute Gasteiger partial charge is 0.314 e. The van der Waals surface area contributed by atoms with Gasteiger partial charge in [-0.2, -0.15) is 0 Å². The lowest BCUT2D eigenvalue weighted by Crippen LogP contribution is -2.48. The molecule has 0 aliphatic heterocycles. The Balaban J connectivity index is 4.53. The molecule has 0 fully saturated rings. The molecule has 4 N–H and O–H groups in total. The molecule has 0 heterocycles. The van der Waals surface area contributed by atoms with E-state index >= 15 is 0 Å². The Morgan fingerprint density at radius 1 is 1.22 bits per heavy atom. The molecular formula is C10H16O8. The Bertz CT molecular complexity index is 302. The zero-order valence-corrected chi connectivity index (χ0v) is 9.72. The van der Waals surface area contributed by atoms with Gasteiger partial charge in [-0.05, 0) is 6.92 Å². The molecule has 0 saturated carbocycles. The van der Waals surface area contributed by atoms with Gasteiger partial charge in [0.25, 0.3) is 0 Å². The van der Waals surface area contributed by atoms with Gasteiger partial charge in [-0.1, -0.05) is 0 Å². The summed E-state index contributed by atoms with van der Waals surface area (Å²) in [7, 11) is 0. The number of aldehydes is 1. The fourth-order valence-corrected chi connectivity index (χ4v) is 1.10. The summed E-state index contributed by atoms with van der Waals surface area (Å²) < 4.78 is 4.46. The number of esters is 1. The summed E-state index contributed by atoms with van der Waals surface area (Å²) in [6.07, 6.45) is -7.70. The first-order valence-electron chi connectivity index (χ1n) is 5.12. The first-order chi connectivity index (χ1) is 8.33. The van der Waals surface area contributed by atoms with E-state index in [2.05, 4.69) is 4.74 Å². The second-order valence-corrected chi connectivity index (χ2v) is 3.70. The van der Waals surface area contributed by atoms with Gasteiger partial charge < -0.3 is 25.2 Å². The highest BCUT2D eigenvalue weighted by Crippen LogP contribution is 2.08. The van der Waals surface area contributed by atoms with E-state index in [-0.39, 0.29) is 6.29 Å². The van der Waals surface area contributed by atoms with Crippen LogP contribution in [0.25, 0.3) is 0 Å². The third-order valence-electron chi connectivity index (χ3n) is 2.06. The highest BCUT2D eigenvalue weighted by molar-refractivity contribution is 5.94. The summed E-state index contributed by atoms with van der Waals surface area (Å²) in [5, 5.41) is 36.4. The molecule has 0 bridgehead atoms. The van der Waals surface area contributed by atoms with E-state index in [1.54, 1.807) is 0 Å². The number of hydrogen-bond donors (Lipinski definition) is 4. The fraction of sp³-hybridized carbons (Fsp3) is 0.700. The first kappa shape index (κ1) is 16.6. The lowest BCUT2D eigenvalue weighted by molar-refractivity contribution is -0.168. The minimum Gasteiger partial charge on any atom is -0.451 e. The highest BCUT2D eigenvalue weighted by atomic mass is 16.6. The average molecular weight is 264 g/mol. The van der Waals surface area contributed by atoms with Crippen LogP contribution in [0.5, 0.6) is 0 Å². The van der Waals surface area contributed by atoms with Crippen molar-refractivity contribution >= 4 is 18.0 Å². The maximum absolute atomic E-state index is 11.1. The predicted molar refractivity (Wildman–Crippen MR) is 56.3 cm³/mol. The summed E-state index contributed by atoms with van der Waals surface area (Å²) in [5.74, 6) is -1.53. The zero-order chi connectivity index (χ0) is 14.3. The van der Waals surface area contributed by atoms with E-state index in [0.717, 1.165) is 6.92 Å². The normalized spacial score (nSPS) is 17.4. The van der Waals surface area contributed by atoms with Crippen molar-refractivity contribution in [2.45, 2.75) is 37.8 Å². The number of ketones is 1. The maximum Gasteiger partial charge on any atom is 0.314 e. The second-order valence-electron chi connectivity index (χ2n) is 3.70. The molecule has 0 aliphatic carbocycles. The Morgan fingerprint density at radius 3 is 2.17 bits per heavy atom. The Hall–Kier alpha value is -1.35. The van der Waals surface area contributed by atoms with Crippen molar-refractivity contribution < 1.29 is 39.5 Å². The van der Waals surface area contributed by atoms with Crippen LogP contribution in [0.15, 0.2) is 0 Å². The summed E-state index contributed by atoms with van der Waals surface area (Å²) in [4.78, 5) is 32.3. The first-order valence-corrected chi connectivity index (χ1v) is 5.12. The Labute approximate surface area is 103 Å². The monoisotopic (exact) mass is 264 g/mol. The predicted octanol–water partition coefficient (Wildman–Crippen LogP) is -2.85. The van der Waals surface area contributed by atoms with Gasteiger partial charge in [0.05, 0.1) is 6.61 Å². The van der Waals surface area contributed by atoms with E-state index in [0.29, 0.717) is 0 Å².